The lowest BCUT2D eigenvalue weighted by molar-refractivity contribution is -0.113. The number of halogens is 1. The van der Waals surface area contributed by atoms with Gasteiger partial charge >= 0.3 is 5.97 Å². The molecule has 0 aliphatic heterocycles. The lowest BCUT2D eigenvalue weighted by Crippen LogP contribution is -2.33. The summed E-state index contributed by atoms with van der Waals surface area (Å²) in [5.74, 6) is -0.319. The van der Waals surface area contributed by atoms with E-state index in [2.05, 4.69) is 20.8 Å². The highest BCUT2D eigenvalue weighted by atomic mass is 35.5. The van der Waals surface area contributed by atoms with Gasteiger partial charge in [-0.25, -0.2) is 4.79 Å². The number of nitrogens with zero attached hydrogens (tertiary/aromatic N) is 3. The first-order valence-corrected chi connectivity index (χ1v) is 13.1. The van der Waals surface area contributed by atoms with Crippen LogP contribution in [0.15, 0.2) is 47.6 Å². The van der Waals surface area contributed by atoms with Crippen LogP contribution < -0.4 is 10.6 Å². The molecule has 3 rings (SSSR count). The Morgan fingerprint density at radius 1 is 1.11 bits per heavy atom. The Bertz CT molecular complexity index is 1280. The minimum absolute atomic E-state index is 0.0546. The summed E-state index contributed by atoms with van der Waals surface area (Å²) in [6, 6.07) is 11.6. The Morgan fingerprint density at radius 3 is 2.43 bits per heavy atom. The standard InChI is InChI=1S/C26H30ClN5O4S/c1-6-32-23(22(15(2)3)29-24(34)17-9-7-16(4)8-10-17)30-31-26(32)37-14-21(33)28-18-11-12-20(27)19(13-18)25(35)36-5/h7-13,15,22H,6,14H2,1-5H3,(H,28,33)(H,29,34)/t22-/m1/s1. The van der Waals surface area contributed by atoms with Gasteiger partial charge in [-0.05, 0) is 50.1 Å². The second-order valence-corrected chi connectivity index (χ2v) is 10.0. The highest BCUT2D eigenvalue weighted by molar-refractivity contribution is 7.99. The van der Waals surface area contributed by atoms with Gasteiger partial charge in [0.25, 0.3) is 5.91 Å². The fourth-order valence-corrected chi connectivity index (χ4v) is 4.59. The van der Waals surface area contributed by atoms with Crippen LogP contribution in [0.4, 0.5) is 5.69 Å². The summed E-state index contributed by atoms with van der Waals surface area (Å²) in [5, 5.41) is 15.3. The molecule has 0 radical (unpaired) electrons. The molecule has 0 saturated heterocycles. The number of carbonyl (C=O) groups excluding carboxylic acids is 3. The van der Waals surface area contributed by atoms with Gasteiger partial charge in [0.15, 0.2) is 11.0 Å². The number of thioether (sulfide) groups is 1. The van der Waals surface area contributed by atoms with Crippen molar-refractivity contribution in [2.24, 2.45) is 5.92 Å². The first kappa shape index (κ1) is 28.2. The van der Waals surface area contributed by atoms with Crippen LogP contribution >= 0.6 is 23.4 Å². The molecule has 2 amide bonds. The van der Waals surface area contributed by atoms with Gasteiger partial charge in [-0.1, -0.05) is 54.9 Å². The van der Waals surface area contributed by atoms with Crippen molar-refractivity contribution in [3.63, 3.8) is 0 Å². The molecular formula is C26H30ClN5O4S. The fourth-order valence-electron chi connectivity index (χ4n) is 3.59. The van der Waals surface area contributed by atoms with E-state index < -0.39 is 5.97 Å². The normalized spacial score (nSPS) is 11.8. The largest absolute Gasteiger partial charge is 0.465 e. The van der Waals surface area contributed by atoms with E-state index in [0.29, 0.717) is 28.8 Å². The van der Waals surface area contributed by atoms with E-state index in [1.807, 2.05) is 44.4 Å². The predicted octanol–water partition coefficient (Wildman–Crippen LogP) is 4.90. The maximum absolute atomic E-state index is 12.9. The van der Waals surface area contributed by atoms with Crippen molar-refractivity contribution in [3.8, 4) is 0 Å². The van der Waals surface area contributed by atoms with E-state index in [0.717, 1.165) is 5.56 Å². The molecule has 9 nitrogen and oxygen atoms in total. The first-order chi connectivity index (χ1) is 17.6. The molecule has 196 valence electrons. The topological polar surface area (TPSA) is 115 Å². The summed E-state index contributed by atoms with van der Waals surface area (Å²) in [6.07, 6.45) is 0. The van der Waals surface area contributed by atoms with Crippen LogP contribution in [-0.4, -0.2) is 45.4 Å². The van der Waals surface area contributed by atoms with Gasteiger partial charge in [-0.3, -0.25) is 9.59 Å². The number of aromatic nitrogens is 3. The number of anilines is 1. The molecule has 1 heterocycles. The van der Waals surface area contributed by atoms with Crippen LogP contribution in [0.5, 0.6) is 0 Å². The molecule has 0 unspecified atom stereocenters. The van der Waals surface area contributed by atoms with Crippen LogP contribution in [0, 0.1) is 12.8 Å². The Balaban J connectivity index is 1.70. The van der Waals surface area contributed by atoms with Crippen LogP contribution in [-0.2, 0) is 16.1 Å². The third-order valence-electron chi connectivity index (χ3n) is 5.59. The highest BCUT2D eigenvalue weighted by Gasteiger charge is 2.26. The van der Waals surface area contributed by atoms with E-state index in [4.69, 9.17) is 16.3 Å². The van der Waals surface area contributed by atoms with Gasteiger partial charge in [0, 0.05) is 17.8 Å². The van der Waals surface area contributed by atoms with Gasteiger partial charge in [0.2, 0.25) is 5.91 Å². The zero-order valence-corrected chi connectivity index (χ0v) is 22.9. The number of rotatable bonds is 10. The Morgan fingerprint density at radius 2 is 1.81 bits per heavy atom. The summed E-state index contributed by atoms with van der Waals surface area (Å²) < 4.78 is 6.61. The molecule has 3 aromatic rings. The molecule has 11 heteroatoms. The molecule has 1 atom stereocenters. The van der Waals surface area contributed by atoms with E-state index in [9.17, 15) is 14.4 Å². The number of amides is 2. The smallest absolute Gasteiger partial charge is 0.339 e. The number of esters is 1. The van der Waals surface area contributed by atoms with Crippen molar-refractivity contribution in [1.29, 1.82) is 0 Å². The average molecular weight is 544 g/mol. The number of carbonyl (C=O) groups is 3. The summed E-state index contributed by atoms with van der Waals surface area (Å²) in [5.41, 5.74) is 2.24. The highest BCUT2D eigenvalue weighted by Crippen LogP contribution is 2.26. The Hall–Kier alpha value is -3.37. The monoisotopic (exact) mass is 543 g/mol. The SMILES string of the molecule is CCn1c(SCC(=O)Nc2ccc(Cl)c(C(=O)OC)c2)nnc1[C@H](NC(=O)c1ccc(C)cc1)C(C)C. The van der Waals surface area contributed by atoms with Crippen LogP contribution in [0.3, 0.4) is 0 Å². The van der Waals surface area contributed by atoms with Gasteiger partial charge in [0.1, 0.15) is 0 Å². The molecule has 0 aliphatic rings. The maximum Gasteiger partial charge on any atom is 0.339 e. The summed E-state index contributed by atoms with van der Waals surface area (Å²) >= 11 is 7.27. The molecule has 1 aromatic heterocycles. The lowest BCUT2D eigenvalue weighted by Gasteiger charge is -2.22. The second kappa shape index (κ2) is 12.7. The molecule has 37 heavy (non-hydrogen) atoms. The van der Waals surface area contributed by atoms with E-state index in [1.54, 1.807) is 18.2 Å². The number of ether oxygens (including phenoxy) is 1. The van der Waals surface area contributed by atoms with E-state index >= 15 is 0 Å². The van der Waals surface area contributed by atoms with Gasteiger partial charge in [0.05, 0.1) is 29.5 Å². The van der Waals surface area contributed by atoms with Crippen molar-refractivity contribution in [3.05, 3.63) is 70.0 Å². The Labute approximate surface area is 225 Å². The predicted molar refractivity (Wildman–Crippen MR) is 144 cm³/mol. The zero-order chi connectivity index (χ0) is 27.1. The summed E-state index contributed by atoms with van der Waals surface area (Å²) in [6.45, 7) is 8.50. The van der Waals surface area contributed by atoms with Gasteiger partial charge < -0.3 is 19.9 Å². The fraction of sp³-hybridized carbons (Fsp3) is 0.346. The average Bonchev–Trinajstić information content (AvgIpc) is 3.29. The molecule has 0 bridgehead atoms. The zero-order valence-electron chi connectivity index (χ0n) is 21.4. The molecule has 2 aromatic carbocycles. The number of aryl methyl sites for hydroxylation is 1. The van der Waals surface area contributed by atoms with Crippen LogP contribution in [0.25, 0.3) is 0 Å². The van der Waals surface area contributed by atoms with Crippen molar-refractivity contribution in [2.75, 3.05) is 18.2 Å². The summed E-state index contributed by atoms with van der Waals surface area (Å²) in [7, 11) is 1.26. The molecule has 2 N–H and O–H groups in total. The minimum Gasteiger partial charge on any atom is -0.465 e. The molecule has 0 spiro atoms. The molecular weight excluding hydrogens is 514 g/mol. The summed E-state index contributed by atoms with van der Waals surface area (Å²) in [4.78, 5) is 37.3. The van der Waals surface area contributed by atoms with Crippen LogP contribution in [0.1, 0.15) is 58.9 Å². The van der Waals surface area contributed by atoms with Crippen molar-refractivity contribution in [1.82, 2.24) is 20.1 Å². The Kier molecular flexibility index (Phi) is 9.71. The second-order valence-electron chi connectivity index (χ2n) is 8.67. The number of hydrogen-bond donors (Lipinski definition) is 2. The molecule has 0 aliphatic carbocycles. The number of hydrogen-bond acceptors (Lipinski definition) is 7. The molecule has 0 fully saturated rings. The minimum atomic E-state index is -0.590. The van der Waals surface area contributed by atoms with Crippen molar-refractivity contribution < 1.29 is 19.1 Å². The quantitative estimate of drug-likeness (QED) is 0.276. The van der Waals surface area contributed by atoms with Gasteiger partial charge in [-0.15, -0.1) is 10.2 Å². The number of methoxy groups -OCH3 is 1. The van der Waals surface area contributed by atoms with E-state index in [-0.39, 0.29) is 40.1 Å². The van der Waals surface area contributed by atoms with Crippen molar-refractivity contribution >= 4 is 46.8 Å². The maximum atomic E-state index is 12.9. The lowest BCUT2D eigenvalue weighted by atomic mass is 10.0. The van der Waals surface area contributed by atoms with Crippen molar-refractivity contribution in [2.45, 2.75) is 45.4 Å². The number of benzene rings is 2. The molecule has 0 saturated carbocycles. The van der Waals surface area contributed by atoms with Crippen LogP contribution in [0.2, 0.25) is 5.02 Å². The third kappa shape index (κ3) is 7.11. The first-order valence-electron chi connectivity index (χ1n) is 11.8. The number of nitrogens with one attached hydrogen (secondary N) is 2. The van der Waals surface area contributed by atoms with E-state index in [1.165, 1.54) is 31.0 Å². The van der Waals surface area contributed by atoms with Gasteiger partial charge in [-0.2, -0.15) is 0 Å². The third-order valence-corrected chi connectivity index (χ3v) is 6.89.